The Morgan fingerprint density at radius 1 is 0.938 bits per heavy atom. The van der Waals surface area contributed by atoms with E-state index in [-0.39, 0.29) is 24.0 Å². The van der Waals surface area contributed by atoms with Gasteiger partial charge in [0.15, 0.2) is 5.96 Å². The quantitative estimate of drug-likeness (QED) is 0.275. The van der Waals surface area contributed by atoms with Gasteiger partial charge in [-0.1, -0.05) is 0 Å². The van der Waals surface area contributed by atoms with Crippen LogP contribution in [0.2, 0.25) is 0 Å². The molecule has 3 saturated heterocycles. The molecule has 8 nitrogen and oxygen atoms in total. The summed E-state index contributed by atoms with van der Waals surface area (Å²) in [6.45, 7) is 14.3. The number of hydrogen-bond donors (Lipinski definition) is 1. The molecule has 0 spiro atoms. The fraction of sp³-hybridized carbons (Fsp3) is 0.913. The number of amides is 1. The number of methoxy groups -OCH3 is 1. The Hall–Kier alpha value is -0.650. The van der Waals surface area contributed by atoms with Crippen LogP contribution in [0.3, 0.4) is 0 Å². The molecular formula is C23H45IN6O2. The first-order valence-electron chi connectivity index (χ1n) is 12.4. The van der Waals surface area contributed by atoms with Gasteiger partial charge in [0.25, 0.3) is 0 Å². The predicted molar refractivity (Wildman–Crippen MR) is 141 cm³/mol. The highest BCUT2D eigenvalue weighted by atomic mass is 127. The van der Waals surface area contributed by atoms with E-state index in [2.05, 4.69) is 31.8 Å². The fourth-order valence-electron chi connectivity index (χ4n) is 4.81. The molecule has 0 unspecified atom stereocenters. The van der Waals surface area contributed by atoms with Gasteiger partial charge in [0.1, 0.15) is 0 Å². The number of ether oxygens (including phenoxy) is 1. The van der Waals surface area contributed by atoms with Crippen molar-refractivity contribution in [3.05, 3.63) is 0 Å². The molecule has 3 fully saturated rings. The Morgan fingerprint density at radius 2 is 1.62 bits per heavy atom. The molecule has 0 radical (unpaired) electrons. The minimum absolute atomic E-state index is 0. The highest BCUT2D eigenvalue weighted by Crippen LogP contribution is 2.17. The molecule has 0 aromatic heterocycles. The van der Waals surface area contributed by atoms with E-state index in [0.717, 1.165) is 97.4 Å². The number of halogens is 1. The first-order valence-corrected chi connectivity index (χ1v) is 12.4. The molecule has 0 atom stereocenters. The minimum Gasteiger partial charge on any atom is -0.383 e. The van der Waals surface area contributed by atoms with Crippen molar-refractivity contribution in [3.63, 3.8) is 0 Å². The SMILES string of the molecule is CCNC(=NCC1CCN(CCOC)CC1)N1CCN(CC(=O)N2CCCCC2)CC1.I. The van der Waals surface area contributed by atoms with Crippen LogP contribution in [-0.2, 0) is 9.53 Å². The number of guanidine groups is 1. The van der Waals surface area contributed by atoms with Crippen molar-refractivity contribution in [2.45, 2.75) is 39.0 Å². The zero-order valence-corrected chi connectivity index (χ0v) is 22.6. The predicted octanol–water partition coefficient (Wildman–Crippen LogP) is 1.56. The molecule has 9 heteroatoms. The van der Waals surface area contributed by atoms with Crippen molar-refractivity contribution >= 4 is 35.8 Å². The number of carbonyl (C=O) groups excluding carboxylic acids is 1. The van der Waals surface area contributed by atoms with Gasteiger partial charge in [-0.05, 0) is 58.0 Å². The molecule has 0 aromatic rings. The van der Waals surface area contributed by atoms with Gasteiger partial charge in [-0.2, -0.15) is 0 Å². The first kappa shape index (κ1) is 27.6. The van der Waals surface area contributed by atoms with Gasteiger partial charge in [-0.15, -0.1) is 24.0 Å². The summed E-state index contributed by atoms with van der Waals surface area (Å²) in [5, 5.41) is 3.49. The molecule has 186 valence electrons. The van der Waals surface area contributed by atoms with Crippen LogP contribution in [0.5, 0.6) is 0 Å². The molecule has 3 heterocycles. The summed E-state index contributed by atoms with van der Waals surface area (Å²) < 4.78 is 5.20. The second-order valence-electron chi connectivity index (χ2n) is 9.18. The summed E-state index contributed by atoms with van der Waals surface area (Å²) in [5.41, 5.74) is 0. The van der Waals surface area contributed by atoms with Gasteiger partial charge in [0.05, 0.1) is 13.2 Å². The summed E-state index contributed by atoms with van der Waals surface area (Å²) in [7, 11) is 1.77. The number of nitrogens with one attached hydrogen (secondary N) is 1. The van der Waals surface area contributed by atoms with E-state index in [1.165, 1.54) is 19.3 Å². The van der Waals surface area contributed by atoms with Gasteiger partial charge < -0.3 is 24.8 Å². The molecular weight excluding hydrogens is 519 g/mol. The van der Waals surface area contributed by atoms with Crippen LogP contribution < -0.4 is 5.32 Å². The number of likely N-dealkylation sites (tertiary alicyclic amines) is 2. The summed E-state index contributed by atoms with van der Waals surface area (Å²) in [5.74, 6) is 2.03. The lowest BCUT2D eigenvalue weighted by Gasteiger charge is -2.37. The summed E-state index contributed by atoms with van der Waals surface area (Å²) in [4.78, 5) is 26.8. The van der Waals surface area contributed by atoms with Crippen LogP contribution in [0.25, 0.3) is 0 Å². The van der Waals surface area contributed by atoms with E-state index < -0.39 is 0 Å². The summed E-state index contributed by atoms with van der Waals surface area (Å²) >= 11 is 0. The van der Waals surface area contributed by atoms with Crippen molar-refractivity contribution < 1.29 is 9.53 Å². The van der Waals surface area contributed by atoms with Crippen LogP contribution in [0.1, 0.15) is 39.0 Å². The lowest BCUT2D eigenvalue weighted by atomic mass is 9.97. The maximum absolute atomic E-state index is 12.6. The number of rotatable bonds is 8. The van der Waals surface area contributed by atoms with Gasteiger partial charge in [-0.25, -0.2) is 0 Å². The van der Waals surface area contributed by atoms with Crippen molar-refractivity contribution in [1.82, 2.24) is 24.9 Å². The number of piperidine rings is 2. The second-order valence-corrected chi connectivity index (χ2v) is 9.18. The average molecular weight is 565 g/mol. The van der Waals surface area contributed by atoms with Crippen LogP contribution in [0.4, 0.5) is 0 Å². The highest BCUT2D eigenvalue weighted by molar-refractivity contribution is 14.0. The molecule has 0 saturated carbocycles. The third-order valence-electron chi connectivity index (χ3n) is 6.89. The molecule has 3 aliphatic rings. The monoisotopic (exact) mass is 564 g/mol. The highest BCUT2D eigenvalue weighted by Gasteiger charge is 2.25. The Kier molecular flexibility index (Phi) is 13.2. The first-order chi connectivity index (χ1) is 15.2. The van der Waals surface area contributed by atoms with E-state index in [4.69, 9.17) is 9.73 Å². The van der Waals surface area contributed by atoms with Crippen LogP contribution in [0, 0.1) is 5.92 Å². The zero-order chi connectivity index (χ0) is 21.9. The smallest absolute Gasteiger partial charge is 0.236 e. The van der Waals surface area contributed by atoms with Crippen molar-refractivity contribution in [3.8, 4) is 0 Å². The zero-order valence-electron chi connectivity index (χ0n) is 20.3. The summed E-state index contributed by atoms with van der Waals surface area (Å²) in [6.07, 6.45) is 6.03. The molecule has 0 aromatic carbocycles. The van der Waals surface area contributed by atoms with Crippen molar-refractivity contribution in [2.24, 2.45) is 10.9 Å². The standard InChI is InChI=1S/C23H44N6O2.HI/c1-3-24-23(25-19-21-7-11-26(12-8-21)17-18-31-2)29-15-13-27(14-16-29)20-22(30)28-9-5-4-6-10-28;/h21H,3-20H2,1-2H3,(H,24,25);1H. The Morgan fingerprint density at radius 3 is 2.25 bits per heavy atom. The summed E-state index contributed by atoms with van der Waals surface area (Å²) in [6, 6.07) is 0. The number of carbonyl (C=O) groups is 1. The molecule has 0 bridgehead atoms. The van der Waals surface area contributed by atoms with E-state index in [1.807, 2.05) is 0 Å². The minimum atomic E-state index is 0. The number of piperazine rings is 1. The fourth-order valence-corrected chi connectivity index (χ4v) is 4.81. The van der Waals surface area contributed by atoms with E-state index in [1.54, 1.807) is 7.11 Å². The van der Waals surface area contributed by atoms with E-state index in [0.29, 0.717) is 18.4 Å². The van der Waals surface area contributed by atoms with Gasteiger partial charge in [0.2, 0.25) is 5.91 Å². The Bertz CT molecular complexity index is 557. The van der Waals surface area contributed by atoms with Crippen molar-refractivity contribution in [1.29, 1.82) is 0 Å². The lowest BCUT2D eigenvalue weighted by Crippen LogP contribution is -2.54. The van der Waals surface area contributed by atoms with Crippen LogP contribution >= 0.6 is 24.0 Å². The van der Waals surface area contributed by atoms with Gasteiger partial charge in [0, 0.05) is 66.0 Å². The Balaban J connectivity index is 0.00000363. The normalized spacial score (nSPS) is 22.0. The molecule has 32 heavy (non-hydrogen) atoms. The number of aliphatic imine (C=N–C) groups is 1. The number of hydrogen-bond acceptors (Lipinski definition) is 5. The maximum Gasteiger partial charge on any atom is 0.236 e. The van der Waals surface area contributed by atoms with E-state index >= 15 is 0 Å². The third kappa shape index (κ3) is 8.95. The topological polar surface area (TPSA) is 63.7 Å². The Labute approximate surface area is 212 Å². The van der Waals surface area contributed by atoms with Crippen LogP contribution in [0.15, 0.2) is 4.99 Å². The molecule has 1 amide bonds. The van der Waals surface area contributed by atoms with Gasteiger partial charge in [-0.3, -0.25) is 14.7 Å². The van der Waals surface area contributed by atoms with Crippen LogP contribution in [-0.4, -0.2) is 124 Å². The second kappa shape index (κ2) is 15.3. The lowest BCUT2D eigenvalue weighted by molar-refractivity contribution is -0.133. The molecule has 1 N–H and O–H groups in total. The largest absolute Gasteiger partial charge is 0.383 e. The van der Waals surface area contributed by atoms with Gasteiger partial charge >= 0.3 is 0 Å². The van der Waals surface area contributed by atoms with Crippen molar-refractivity contribution in [2.75, 3.05) is 92.3 Å². The molecule has 0 aliphatic carbocycles. The molecule has 3 rings (SSSR count). The van der Waals surface area contributed by atoms with E-state index in [9.17, 15) is 4.79 Å². The molecule has 3 aliphatic heterocycles. The maximum atomic E-state index is 12.6. The number of nitrogens with zero attached hydrogens (tertiary/aromatic N) is 5. The third-order valence-corrected chi connectivity index (χ3v) is 6.89. The average Bonchev–Trinajstić information content (AvgIpc) is 2.82.